The van der Waals surface area contributed by atoms with Crippen LogP contribution in [0.4, 0.5) is 5.82 Å². The van der Waals surface area contributed by atoms with E-state index in [2.05, 4.69) is 35.4 Å². The zero-order valence-electron chi connectivity index (χ0n) is 19.6. The van der Waals surface area contributed by atoms with Gasteiger partial charge in [-0.05, 0) is 54.5 Å². The van der Waals surface area contributed by atoms with Gasteiger partial charge >= 0.3 is 5.97 Å². The lowest BCUT2D eigenvalue weighted by atomic mass is 9.91. The fourth-order valence-corrected chi connectivity index (χ4v) is 6.17. The van der Waals surface area contributed by atoms with Gasteiger partial charge in [0.15, 0.2) is 5.60 Å². The van der Waals surface area contributed by atoms with E-state index >= 15 is 0 Å². The molecule has 2 fully saturated rings. The molecule has 4 heterocycles. The molecule has 6 heteroatoms. The molecule has 3 aliphatic heterocycles. The Morgan fingerprint density at radius 3 is 2.74 bits per heavy atom. The van der Waals surface area contributed by atoms with E-state index in [9.17, 15) is 9.59 Å². The zero-order chi connectivity index (χ0) is 23.6. The predicted molar refractivity (Wildman–Crippen MR) is 132 cm³/mol. The van der Waals surface area contributed by atoms with Crippen molar-refractivity contribution in [2.24, 2.45) is 0 Å². The van der Waals surface area contributed by atoms with Crippen molar-refractivity contribution >= 4 is 17.7 Å². The molecular formula is C29H27N3O3. The quantitative estimate of drug-likeness (QED) is 0.629. The number of amides is 1. The number of carbonyl (C=O) groups is 2. The van der Waals surface area contributed by atoms with E-state index in [1.54, 1.807) is 0 Å². The number of nitrogens with zero attached hydrogens (tertiary/aromatic N) is 3. The van der Waals surface area contributed by atoms with Crippen molar-refractivity contribution in [1.82, 2.24) is 9.88 Å². The van der Waals surface area contributed by atoms with Crippen molar-refractivity contribution in [3.05, 3.63) is 94.9 Å². The summed E-state index contributed by atoms with van der Waals surface area (Å²) >= 11 is 0. The van der Waals surface area contributed by atoms with Gasteiger partial charge in [-0.3, -0.25) is 4.79 Å². The summed E-state index contributed by atoms with van der Waals surface area (Å²) in [5.74, 6) is 0.774. The fraction of sp³-hybridized carbons (Fsp3) is 0.345. The average molecular weight is 466 g/mol. The summed E-state index contributed by atoms with van der Waals surface area (Å²) in [6, 6.07) is 11.7. The summed E-state index contributed by atoms with van der Waals surface area (Å²) in [7, 11) is 0. The molecule has 1 saturated heterocycles. The number of esters is 1. The van der Waals surface area contributed by atoms with Crippen LogP contribution >= 0.6 is 0 Å². The van der Waals surface area contributed by atoms with E-state index in [0.29, 0.717) is 25.1 Å². The standard InChI is InChI=1S/C29H27N3O3/c33-26-23-7-3-4-8-24(23)29(35-26)14-16-32(19-29)27(34)28(12-13-28)22-9-10-25(30-17-22)31-15-11-20-5-1-2-6-21(20)18-31/h1-5,7-10,17-18H,6,11-16,19H2/t29-/m0/s1. The van der Waals surface area contributed by atoms with Crippen LogP contribution < -0.4 is 4.90 Å². The minimum atomic E-state index is -0.703. The van der Waals surface area contributed by atoms with Crippen LogP contribution in [0, 0.1) is 0 Å². The second-order valence-corrected chi connectivity index (χ2v) is 10.3. The van der Waals surface area contributed by atoms with Crippen LogP contribution in [-0.4, -0.2) is 41.4 Å². The van der Waals surface area contributed by atoms with E-state index in [-0.39, 0.29) is 11.9 Å². The highest BCUT2D eigenvalue weighted by molar-refractivity contribution is 5.96. The third-order valence-corrected chi connectivity index (χ3v) is 8.32. The van der Waals surface area contributed by atoms with Gasteiger partial charge < -0.3 is 14.5 Å². The molecule has 1 amide bonds. The van der Waals surface area contributed by atoms with Crippen molar-refractivity contribution in [2.45, 2.75) is 43.1 Å². The van der Waals surface area contributed by atoms with Gasteiger partial charge in [0.2, 0.25) is 5.91 Å². The van der Waals surface area contributed by atoms with Gasteiger partial charge in [-0.1, -0.05) is 42.5 Å². The van der Waals surface area contributed by atoms with Gasteiger partial charge in [-0.2, -0.15) is 0 Å². The first-order valence-corrected chi connectivity index (χ1v) is 12.5. The number of carbonyl (C=O) groups excluding carboxylic acids is 2. The number of allylic oxidation sites excluding steroid dienone is 4. The van der Waals surface area contributed by atoms with Crippen molar-refractivity contribution in [3.63, 3.8) is 0 Å². The van der Waals surface area contributed by atoms with Crippen LogP contribution in [0.3, 0.4) is 0 Å². The Morgan fingerprint density at radius 2 is 1.91 bits per heavy atom. The maximum Gasteiger partial charge on any atom is 0.339 e. The number of aromatic nitrogens is 1. The fourth-order valence-electron chi connectivity index (χ4n) is 6.17. The van der Waals surface area contributed by atoms with Gasteiger partial charge in [0, 0.05) is 37.5 Å². The van der Waals surface area contributed by atoms with E-state index in [1.165, 1.54) is 11.1 Å². The topological polar surface area (TPSA) is 62.7 Å². The van der Waals surface area contributed by atoms with E-state index < -0.39 is 11.0 Å². The highest BCUT2D eigenvalue weighted by atomic mass is 16.6. The van der Waals surface area contributed by atoms with Crippen LogP contribution in [0.25, 0.3) is 0 Å². The van der Waals surface area contributed by atoms with E-state index in [4.69, 9.17) is 9.72 Å². The first-order valence-electron chi connectivity index (χ1n) is 12.5. The molecule has 1 saturated carbocycles. The first kappa shape index (κ1) is 20.7. The molecule has 0 N–H and O–H groups in total. The molecule has 0 unspecified atom stereocenters. The molecular weight excluding hydrogens is 438 g/mol. The summed E-state index contributed by atoms with van der Waals surface area (Å²) in [5.41, 5.74) is 4.11. The molecule has 1 atom stereocenters. The largest absolute Gasteiger partial charge is 0.449 e. The lowest BCUT2D eigenvalue weighted by molar-refractivity contribution is -0.134. The van der Waals surface area contributed by atoms with Crippen LogP contribution in [0.5, 0.6) is 0 Å². The molecule has 2 aromatic rings. The molecule has 1 spiro atoms. The Balaban J connectivity index is 1.10. The van der Waals surface area contributed by atoms with Gasteiger partial charge in [-0.25, -0.2) is 9.78 Å². The Morgan fingerprint density at radius 1 is 1.03 bits per heavy atom. The predicted octanol–water partition coefficient (Wildman–Crippen LogP) is 4.39. The van der Waals surface area contributed by atoms with Crippen LogP contribution in [0.2, 0.25) is 0 Å². The molecule has 35 heavy (non-hydrogen) atoms. The number of hydrogen-bond donors (Lipinski definition) is 0. The molecule has 0 radical (unpaired) electrons. The number of ether oxygens (including phenoxy) is 1. The molecule has 1 aromatic carbocycles. The van der Waals surface area contributed by atoms with Crippen LogP contribution in [-0.2, 0) is 20.5 Å². The van der Waals surface area contributed by atoms with Crippen molar-refractivity contribution in [1.29, 1.82) is 0 Å². The third-order valence-electron chi connectivity index (χ3n) is 8.32. The number of benzene rings is 1. The van der Waals surface area contributed by atoms with Gasteiger partial charge in [0.25, 0.3) is 0 Å². The maximum absolute atomic E-state index is 13.7. The molecule has 5 aliphatic rings. The Labute approximate surface area is 204 Å². The Hall–Kier alpha value is -3.67. The smallest absolute Gasteiger partial charge is 0.339 e. The molecule has 6 nitrogen and oxygen atoms in total. The minimum absolute atomic E-state index is 0.133. The summed E-state index contributed by atoms with van der Waals surface area (Å²) < 4.78 is 5.86. The van der Waals surface area contributed by atoms with Crippen LogP contribution in [0.1, 0.15) is 53.6 Å². The lowest BCUT2D eigenvalue weighted by Crippen LogP contribution is -2.40. The number of likely N-dealkylation sites (tertiary alicyclic amines) is 1. The SMILES string of the molecule is O=C1O[C@]2(CCN(C(=O)C3(c4ccc(N5C=C6CC=CC=C6CC5)nc4)CC3)C2)c2ccccc21. The third kappa shape index (κ3) is 3.12. The summed E-state index contributed by atoms with van der Waals surface area (Å²) in [5, 5.41) is 0. The Bertz CT molecular complexity index is 1340. The molecule has 0 bridgehead atoms. The minimum Gasteiger partial charge on any atom is -0.449 e. The maximum atomic E-state index is 13.7. The molecule has 7 rings (SSSR count). The number of rotatable bonds is 3. The van der Waals surface area contributed by atoms with E-state index in [0.717, 1.165) is 49.2 Å². The zero-order valence-corrected chi connectivity index (χ0v) is 19.6. The summed E-state index contributed by atoms with van der Waals surface area (Å²) in [6.45, 7) is 1.93. The van der Waals surface area contributed by atoms with Crippen molar-refractivity contribution in [3.8, 4) is 0 Å². The Kier molecular flexibility index (Phi) is 4.38. The first-order chi connectivity index (χ1) is 17.1. The van der Waals surface area contributed by atoms with Gasteiger partial charge in [0.05, 0.1) is 17.5 Å². The molecule has 1 aromatic heterocycles. The average Bonchev–Trinajstić information content (AvgIpc) is 3.54. The summed E-state index contributed by atoms with van der Waals surface area (Å²) in [6.07, 6.45) is 14.9. The summed E-state index contributed by atoms with van der Waals surface area (Å²) in [4.78, 5) is 35.0. The molecule has 2 aliphatic carbocycles. The van der Waals surface area contributed by atoms with Crippen molar-refractivity contribution < 1.29 is 14.3 Å². The number of pyridine rings is 1. The van der Waals surface area contributed by atoms with E-state index in [1.807, 2.05) is 41.4 Å². The number of anilines is 1. The number of hydrogen-bond acceptors (Lipinski definition) is 5. The number of fused-ring (bicyclic) bond motifs is 3. The monoisotopic (exact) mass is 465 g/mol. The second kappa shape index (κ2) is 7.41. The van der Waals surface area contributed by atoms with Crippen molar-refractivity contribution in [2.75, 3.05) is 24.5 Å². The normalized spacial score (nSPS) is 25.7. The second-order valence-electron chi connectivity index (χ2n) is 10.3. The highest BCUT2D eigenvalue weighted by Crippen LogP contribution is 2.52. The van der Waals surface area contributed by atoms with Gasteiger partial charge in [-0.15, -0.1) is 0 Å². The highest BCUT2D eigenvalue weighted by Gasteiger charge is 2.57. The van der Waals surface area contributed by atoms with Crippen LogP contribution in [0.15, 0.2) is 78.2 Å². The lowest BCUT2D eigenvalue weighted by Gasteiger charge is -2.29. The van der Waals surface area contributed by atoms with Gasteiger partial charge in [0.1, 0.15) is 5.82 Å². The molecule has 176 valence electrons.